The van der Waals surface area contributed by atoms with Gasteiger partial charge in [-0.25, -0.2) is 4.79 Å². The average molecular weight is 558 g/mol. The zero-order valence-corrected chi connectivity index (χ0v) is 24.3. The van der Waals surface area contributed by atoms with Crippen LogP contribution in [0.15, 0.2) is 91.5 Å². The standard InChI is InChI=1S/C33H39N3O5/c1-7-20-36(31(38)28(22-24-13-9-8-10-14-24)35-32(39)41-33(3,4)5)29(25-15-11-12-23(2)21-25)30(37)34-26-16-18-27(40-6)19-17-26/h7-19,21,28-29H,1,20,22H2,2-6H3,(H,34,37)(H,35,39). The highest BCUT2D eigenvalue weighted by molar-refractivity contribution is 5.99. The van der Waals surface area contributed by atoms with Crippen molar-refractivity contribution in [1.29, 1.82) is 0 Å². The van der Waals surface area contributed by atoms with Gasteiger partial charge in [-0.3, -0.25) is 9.59 Å². The summed E-state index contributed by atoms with van der Waals surface area (Å²) in [6, 6.07) is 21.7. The minimum Gasteiger partial charge on any atom is -0.497 e. The molecule has 0 aliphatic heterocycles. The van der Waals surface area contributed by atoms with Gasteiger partial charge in [0.1, 0.15) is 23.4 Å². The fourth-order valence-corrected chi connectivity index (χ4v) is 4.36. The second kappa shape index (κ2) is 14.2. The second-order valence-corrected chi connectivity index (χ2v) is 10.7. The molecule has 216 valence electrons. The maximum Gasteiger partial charge on any atom is 0.408 e. The number of nitrogens with zero attached hydrogens (tertiary/aromatic N) is 1. The number of alkyl carbamates (subject to hydrolysis) is 1. The molecule has 0 spiro atoms. The van der Waals surface area contributed by atoms with Crippen molar-refractivity contribution in [3.63, 3.8) is 0 Å². The van der Waals surface area contributed by atoms with Gasteiger partial charge in [-0.05, 0) is 63.1 Å². The maximum atomic E-state index is 14.3. The highest BCUT2D eigenvalue weighted by atomic mass is 16.6. The first-order chi connectivity index (χ1) is 19.5. The number of carbonyl (C=O) groups excluding carboxylic acids is 3. The van der Waals surface area contributed by atoms with Crippen LogP contribution in [0.3, 0.4) is 0 Å². The SMILES string of the molecule is C=CCN(C(=O)C(Cc1ccccc1)NC(=O)OC(C)(C)C)C(C(=O)Nc1ccc(OC)cc1)c1cccc(C)c1. The van der Waals surface area contributed by atoms with E-state index in [0.717, 1.165) is 11.1 Å². The fourth-order valence-electron chi connectivity index (χ4n) is 4.36. The zero-order valence-electron chi connectivity index (χ0n) is 24.3. The number of aryl methyl sites for hydroxylation is 1. The van der Waals surface area contributed by atoms with Gasteiger partial charge >= 0.3 is 6.09 Å². The minimum atomic E-state index is -1.01. The van der Waals surface area contributed by atoms with E-state index in [2.05, 4.69) is 17.2 Å². The van der Waals surface area contributed by atoms with Crippen LogP contribution in [0.5, 0.6) is 5.75 Å². The van der Waals surface area contributed by atoms with Crippen LogP contribution in [0, 0.1) is 6.92 Å². The number of amides is 3. The molecule has 3 rings (SSSR count). The van der Waals surface area contributed by atoms with E-state index in [-0.39, 0.29) is 13.0 Å². The number of benzene rings is 3. The molecule has 8 nitrogen and oxygen atoms in total. The van der Waals surface area contributed by atoms with Gasteiger partial charge in [0.25, 0.3) is 5.91 Å². The molecule has 2 N–H and O–H groups in total. The molecule has 2 atom stereocenters. The van der Waals surface area contributed by atoms with Crippen molar-refractivity contribution in [2.75, 3.05) is 19.0 Å². The van der Waals surface area contributed by atoms with Gasteiger partial charge in [0.05, 0.1) is 7.11 Å². The van der Waals surface area contributed by atoms with Crippen LogP contribution < -0.4 is 15.4 Å². The number of rotatable bonds is 11. The lowest BCUT2D eigenvalue weighted by Gasteiger charge is -2.34. The Morgan fingerprint density at radius 2 is 1.66 bits per heavy atom. The summed E-state index contributed by atoms with van der Waals surface area (Å²) >= 11 is 0. The van der Waals surface area contributed by atoms with Gasteiger partial charge in [0, 0.05) is 18.7 Å². The third-order valence-corrected chi connectivity index (χ3v) is 6.16. The van der Waals surface area contributed by atoms with E-state index < -0.39 is 35.6 Å². The summed E-state index contributed by atoms with van der Waals surface area (Å²) < 4.78 is 10.7. The molecule has 2 unspecified atom stereocenters. The zero-order chi connectivity index (χ0) is 30.0. The monoisotopic (exact) mass is 557 g/mol. The number of hydrogen-bond donors (Lipinski definition) is 2. The first-order valence-electron chi connectivity index (χ1n) is 13.5. The lowest BCUT2D eigenvalue weighted by molar-refractivity contribution is -0.140. The molecule has 0 heterocycles. The van der Waals surface area contributed by atoms with Crippen molar-refractivity contribution < 1.29 is 23.9 Å². The molecule has 0 fully saturated rings. The van der Waals surface area contributed by atoms with E-state index in [1.54, 1.807) is 58.2 Å². The molecule has 3 aromatic carbocycles. The predicted molar refractivity (Wildman–Crippen MR) is 161 cm³/mol. The van der Waals surface area contributed by atoms with E-state index >= 15 is 0 Å². The van der Waals surface area contributed by atoms with Crippen LogP contribution in [-0.4, -0.2) is 48.1 Å². The van der Waals surface area contributed by atoms with Gasteiger partial charge in [0.2, 0.25) is 5.91 Å². The van der Waals surface area contributed by atoms with Gasteiger partial charge in [0.15, 0.2) is 0 Å². The van der Waals surface area contributed by atoms with Crippen molar-refractivity contribution in [1.82, 2.24) is 10.2 Å². The summed E-state index contributed by atoms with van der Waals surface area (Å²) in [6.45, 7) is 11.1. The van der Waals surface area contributed by atoms with Crippen molar-refractivity contribution in [3.05, 3.63) is 108 Å². The molecule has 0 bridgehead atoms. The topological polar surface area (TPSA) is 97.0 Å². The Kier molecular flexibility index (Phi) is 10.7. The highest BCUT2D eigenvalue weighted by Crippen LogP contribution is 2.26. The minimum absolute atomic E-state index is 0.0642. The molecular weight excluding hydrogens is 518 g/mol. The van der Waals surface area contributed by atoms with Crippen LogP contribution in [0.2, 0.25) is 0 Å². The van der Waals surface area contributed by atoms with Gasteiger partial charge < -0.3 is 25.0 Å². The Bertz CT molecular complexity index is 1330. The van der Waals surface area contributed by atoms with Gasteiger partial charge in [-0.2, -0.15) is 0 Å². The first-order valence-corrected chi connectivity index (χ1v) is 13.5. The van der Waals surface area contributed by atoms with Crippen molar-refractivity contribution in [2.24, 2.45) is 0 Å². The second-order valence-electron chi connectivity index (χ2n) is 10.7. The van der Waals surface area contributed by atoms with Crippen LogP contribution >= 0.6 is 0 Å². The summed E-state index contributed by atoms with van der Waals surface area (Å²) in [4.78, 5) is 42.5. The Morgan fingerprint density at radius 1 is 0.976 bits per heavy atom. The predicted octanol–water partition coefficient (Wildman–Crippen LogP) is 5.83. The van der Waals surface area contributed by atoms with E-state index in [1.807, 2.05) is 61.5 Å². The molecule has 8 heteroatoms. The summed E-state index contributed by atoms with van der Waals surface area (Å²) in [6.07, 6.45) is 1.04. The molecule has 41 heavy (non-hydrogen) atoms. The number of methoxy groups -OCH3 is 1. The molecule has 0 aromatic heterocycles. The lowest BCUT2D eigenvalue weighted by atomic mass is 9.99. The number of ether oxygens (including phenoxy) is 2. The summed E-state index contributed by atoms with van der Waals surface area (Å²) in [7, 11) is 1.57. The molecule has 0 aliphatic rings. The van der Waals surface area contributed by atoms with Crippen molar-refractivity contribution in [2.45, 2.75) is 51.8 Å². The van der Waals surface area contributed by atoms with Crippen LogP contribution in [-0.2, 0) is 20.7 Å². The molecule has 0 radical (unpaired) electrons. The quantitative estimate of drug-likeness (QED) is 0.289. The molecule has 0 aliphatic carbocycles. The summed E-state index contributed by atoms with van der Waals surface area (Å²) in [5.74, 6) is -0.207. The molecule has 3 amide bonds. The number of nitrogens with one attached hydrogen (secondary N) is 2. The Labute approximate surface area is 242 Å². The fraction of sp³-hybridized carbons (Fsp3) is 0.303. The van der Waals surface area contributed by atoms with E-state index in [1.165, 1.54) is 4.90 Å². The van der Waals surface area contributed by atoms with E-state index in [9.17, 15) is 14.4 Å². The van der Waals surface area contributed by atoms with Crippen molar-refractivity contribution in [3.8, 4) is 5.75 Å². The third-order valence-electron chi connectivity index (χ3n) is 6.16. The van der Waals surface area contributed by atoms with Crippen LogP contribution in [0.25, 0.3) is 0 Å². The van der Waals surface area contributed by atoms with E-state index in [4.69, 9.17) is 9.47 Å². The van der Waals surface area contributed by atoms with Crippen molar-refractivity contribution >= 4 is 23.6 Å². The van der Waals surface area contributed by atoms with Crippen LogP contribution in [0.1, 0.15) is 43.5 Å². The van der Waals surface area contributed by atoms with Crippen LogP contribution in [0.4, 0.5) is 10.5 Å². The number of hydrogen-bond acceptors (Lipinski definition) is 5. The summed E-state index contributed by atoms with van der Waals surface area (Å²) in [5, 5.41) is 5.68. The largest absolute Gasteiger partial charge is 0.497 e. The maximum absolute atomic E-state index is 14.3. The Balaban J connectivity index is 2.02. The lowest BCUT2D eigenvalue weighted by Crippen LogP contribution is -2.53. The number of carbonyl (C=O) groups is 3. The molecule has 3 aromatic rings. The molecular formula is C33H39N3O5. The third kappa shape index (κ3) is 9.24. The molecule has 0 saturated heterocycles. The normalized spacial score (nSPS) is 12.4. The molecule has 0 saturated carbocycles. The first kappa shape index (κ1) is 30.9. The van der Waals surface area contributed by atoms with E-state index in [0.29, 0.717) is 17.0 Å². The smallest absolute Gasteiger partial charge is 0.408 e. The van der Waals surface area contributed by atoms with Gasteiger partial charge in [-0.15, -0.1) is 6.58 Å². The Hall–Kier alpha value is -4.59. The highest BCUT2D eigenvalue weighted by Gasteiger charge is 2.36. The number of anilines is 1. The summed E-state index contributed by atoms with van der Waals surface area (Å²) in [5.41, 5.74) is 2.20. The Morgan fingerprint density at radius 3 is 2.24 bits per heavy atom. The average Bonchev–Trinajstić information content (AvgIpc) is 2.92. The van der Waals surface area contributed by atoms with Gasteiger partial charge in [-0.1, -0.05) is 66.2 Å².